The van der Waals surface area contributed by atoms with Crippen molar-refractivity contribution in [2.24, 2.45) is 0 Å². The van der Waals surface area contributed by atoms with Crippen LogP contribution in [0.25, 0.3) is 0 Å². The Balaban J connectivity index is 1.88. The van der Waals surface area contributed by atoms with Crippen molar-refractivity contribution in [2.75, 3.05) is 24.6 Å². The van der Waals surface area contributed by atoms with Crippen LogP contribution >= 0.6 is 27.7 Å². The first-order chi connectivity index (χ1) is 9.16. The number of hydrogen-bond donors (Lipinski definition) is 0. The summed E-state index contributed by atoms with van der Waals surface area (Å²) in [6, 6.07) is 5.00. The number of rotatable bonds is 3. The van der Waals surface area contributed by atoms with Crippen LogP contribution in [0.4, 0.5) is 4.39 Å². The predicted octanol–water partition coefficient (Wildman–Crippen LogP) is 3.49. The summed E-state index contributed by atoms with van der Waals surface area (Å²) in [4.78, 5) is 14.0. The highest BCUT2D eigenvalue weighted by Gasteiger charge is 2.16. The van der Waals surface area contributed by atoms with Crippen LogP contribution in [0.1, 0.15) is 18.4 Å². The van der Waals surface area contributed by atoms with Gasteiger partial charge in [0.05, 0.1) is 0 Å². The van der Waals surface area contributed by atoms with Gasteiger partial charge in [0.15, 0.2) is 0 Å². The Morgan fingerprint density at radius 1 is 1.37 bits per heavy atom. The van der Waals surface area contributed by atoms with Crippen LogP contribution < -0.4 is 0 Å². The van der Waals surface area contributed by atoms with E-state index in [-0.39, 0.29) is 11.7 Å². The van der Waals surface area contributed by atoms with Crippen molar-refractivity contribution in [1.82, 2.24) is 4.90 Å². The number of amides is 1. The minimum atomic E-state index is -0.242. The van der Waals surface area contributed by atoms with Gasteiger partial charge in [-0.2, -0.15) is 11.8 Å². The molecule has 0 radical (unpaired) electrons. The van der Waals surface area contributed by atoms with E-state index in [9.17, 15) is 9.18 Å². The lowest BCUT2D eigenvalue weighted by Gasteiger charge is -2.19. The third kappa shape index (κ3) is 4.49. The zero-order valence-corrected chi connectivity index (χ0v) is 13.1. The van der Waals surface area contributed by atoms with Gasteiger partial charge in [0.2, 0.25) is 5.91 Å². The van der Waals surface area contributed by atoms with Crippen molar-refractivity contribution in [3.8, 4) is 0 Å². The first-order valence-corrected chi connectivity index (χ1v) is 8.41. The van der Waals surface area contributed by atoms with Crippen molar-refractivity contribution in [3.05, 3.63) is 34.1 Å². The minimum Gasteiger partial charge on any atom is -0.342 e. The Bertz CT molecular complexity index is 447. The van der Waals surface area contributed by atoms with Crippen molar-refractivity contribution < 1.29 is 9.18 Å². The third-order valence-corrected chi connectivity index (χ3v) is 4.74. The van der Waals surface area contributed by atoms with E-state index in [4.69, 9.17) is 0 Å². The molecule has 0 atom stereocenters. The maximum Gasteiger partial charge on any atom is 0.222 e. The summed E-state index contributed by atoms with van der Waals surface area (Å²) in [5.41, 5.74) is 0.612. The summed E-state index contributed by atoms with van der Waals surface area (Å²) in [7, 11) is 0. The number of benzene rings is 1. The molecule has 0 saturated carbocycles. The van der Waals surface area contributed by atoms with Gasteiger partial charge in [-0.1, -0.05) is 22.0 Å². The smallest absolute Gasteiger partial charge is 0.222 e. The standard InChI is InChI=1S/C14H17BrFNOS/c15-12-4-2-11(13(16)10-12)3-5-14(18)17-6-1-8-19-9-7-17/h2,4,10H,1,3,5-9H2. The van der Waals surface area contributed by atoms with E-state index in [0.29, 0.717) is 18.4 Å². The van der Waals surface area contributed by atoms with Gasteiger partial charge < -0.3 is 4.90 Å². The highest BCUT2D eigenvalue weighted by atomic mass is 79.9. The zero-order chi connectivity index (χ0) is 13.7. The normalized spacial score (nSPS) is 16.2. The predicted molar refractivity (Wildman–Crippen MR) is 80.9 cm³/mol. The average molecular weight is 346 g/mol. The molecule has 1 aliphatic heterocycles. The van der Waals surface area contributed by atoms with E-state index < -0.39 is 0 Å². The summed E-state index contributed by atoms with van der Waals surface area (Å²) in [6.45, 7) is 1.67. The van der Waals surface area contributed by atoms with Gasteiger partial charge in [-0.3, -0.25) is 4.79 Å². The fourth-order valence-corrected chi connectivity index (χ4v) is 3.34. The number of nitrogens with zero attached hydrogens (tertiary/aromatic N) is 1. The van der Waals surface area contributed by atoms with Gasteiger partial charge in [-0.15, -0.1) is 0 Å². The van der Waals surface area contributed by atoms with Crippen LogP contribution in [-0.4, -0.2) is 35.4 Å². The number of carbonyl (C=O) groups excluding carboxylic acids is 1. The van der Waals surface area contributed by atoms with Crippen LogP contribution in [-0.2, 0) is 11.2 Å². The summed E-state index contributed by atoms with van der Waals surface area (Å²) in [6.07, 6.45) is 1.92. The minimum absolute atomic E-state index is 0.143. The highest BCUT2D eigenvalue weighted by molar-refractivity contribution is 9.10. The molecule has 5 heteroatoms. The first-order valence-electron chi connectivity index (χ1n) is 6.46. The molecule has 0 aliphatic carbocycles. The number of aryl methyl sites for hydroxylation is 1. The molecule has 0 unspecified atom stereocenters. The average Bonchev–Trinajstić information content (AvgIpc) is 2.66. The Morgan fingerprint density at radius 2 is 2.21 bits per heavy atom. The van der Waals surface area contributed by atoms with Crippen LogP contribution in [0.15, 0.2) is 22.7 Å². The van der Waals surface area contributed by atoms with Crippen molar-refractivity contribution >= 4 is 33.6 Å². The van der Waals surface area contributed by atoms with Crippen LogP contribution in [0.2, 0.25) is 0 Å². The molecule has 1 aliphatic rings. The SMILES string of the molecule is O=C(CCc1ccc(Br)cc1F)N1CCCSCC1. The van der Waals surface area contributed by atoms with Crippen molar-refractivity contribution in [1.29, 1.82) is 0 Å². The van der Waals surface area contributed by atoms with Crippen LogP contribution in [0.5, 0.6) is 0 Å². The molecule has 1 amide bonds. The molecule has 1 saturated heterocycles. The fourth-order valence-electron chi connectivity index (χ4n) is 2.12. The lowest BCUT2D eigenvalue weighted by molar-refractivity contribution is -0.130. The molecule has 0 spiro atoms. The van der Waals surface area contributed by atoms with Crippen LogP contribution in [0.3, 0.4) is 0 Å². The number of thioether (sulfide) groups is 1. The number of carbonyl (C=O) groups is 1. The van der Waals surface area contributed by atoms with E-state index in [1.807, 2.05) is 22.7 Å². The summed E-state index contributed by atoms with van der Waals surface area (Å²) >= 11 is 5.13. The molecular formula is C14H17BrFNOS. The molecule has 104 valence electrons. The Hall–Kier alpha value is -0.550. The van der Waals surface area contributed by atoms with Gasteiger partial charge in [-0.05, 0) is 36.3 Å². The molecule has 2 rings (SSSR count). The molecule has 1 heterocycles. The Morgan fingerprint density at radius 3 is 3.00 bits per heavy atom. The van der Waals surface area contributed by atoms with E-state index in [1.165, 1.54) is 6.07 Å². The molecular weight excluding hydrogens is 329 g/mol. The van der Waals surface area contributed by atoms with Crippen molar-refractivity contribution in [2.45, 2.75) is 19.3 Å². The molecule has 19 heavy (non-hydrogen) atoms. The maximum atomic E-state index is 13.6. The molecule has 2 nitrogen and oxygen atoms in total. The van der Waals surface area contributed by atoms with Gasteiger partial charge in [0.1, 0.15) is 5.82 Å². The second kappa shape index (κ2) is 7.29. The number of hydrogen-bond acceptors (Lipinski definition) is 2. The summed E-state index contributed by atoms with van der Waals surface area (Å²) < 4.78 is 14.4. The summed E-state index contributed by atoms with van der Waals surface area (Å²) in [5, 5.41) is 0. The maximum absolute atomic E-state index is 13.6. The van der Waals surface area contributed by atoms with Gasteiger partial charge >= 0.3 is 0 Å². The molecule has 1 aromatic carbocycles. The van der Waals surface area contributed by atoms with Gasteiger partial charge in [0, 0.05) is 29.7 Å². The topological polar surface area (TPSA) is 20.3 Å². The molecule has 1 fully saturated rings. The van der Waals surface area contributed by atoms with E-state index >= 15 is 0 Å². The number of halogens is 2. The van der Waals surface area contributed by atoms with Gasteiger partial charge in [-0.25, -0.2) is 4.39 Å². The second-order valence-corrected chi connectivity index (χ2v) is 6.72. The lowest BCUT2D eigenvalue weighted by atomic mass is 10.1. The molecule has 0 bridgehead atoms. The fraction of sp³-hybridized carbons (Fsp3) is 0.500. The quantitative estimate of drug-likeness (QED) is 0.835. The third-order valence-electron chi connectivity index (χ3n) is 3.20. The Kier molecular flexibility index (Phi) is 5.70. The van der Waals surface area contributed by atoms with E-state index in [1.54, 1.807) is 6.07 Å². The second-order valence-electron chi connectivity index (χ2n) is 4.58. The lowest BCUT2D eigenvalue weighted by Crippen LogP contribution is -2.33. The van der Waals surface area contributed by atoms with E-state index in [2.05, 4.69) is 15.9 Å². The molecule has 0 aromatic heterocycles. The monoisotopic (exact) mass is 345 g/mol. The van der Waals surface area contributed by atoms with Crippen LogP contribution in [0, 0.1) is 5.82 Å². The zero-order valence-electron chi connectivity index (χ0n) is 10.7. The van der Waals surface area contributed by atoms with Crippen molar-refractivity contribution in [3.63, 3.8) is 0 Å². The molecule has 1 aromatic rings. The highest BCUT2D eigenvalue weighted by Crippen LogP contribution is 2.17. The first kappa shape index (κ1) is 14.9. The largest absolute Gasteiger partial charge is 0.342 e. The summed E-state index contributed by atoms with van der Waals surface area (Å²) in [5.74, 6) is 2.04. The van der Waals surface area contributed by atoms with Gasteiger partial charge in [0.25, 0.3) is 0 Å². The molecule has 0 N–H and O–H groups in total. The van der Waals surface area contributed by atoms with E-state index in [0.717, 1.165) is 35.5 Å². The Labute approximate surface area is 125 Å².